The number of aromatic nitrogens is 2. The molecule has 0 aliphatic rings. The monoisotopic (exact) mass is 295 g/mol. The Balaban J connectivity index is 1.81. The SMILES string of the molecule is Cc1nc2ccc(C(=O)Nc3ccc(C(=O)O)cc3)cc2[nH]1. The number of carbonyl (C=O) groups is 2. The minimum Gasteiger partial charge on any atom is -0.478 e. The molecule has 0 radical (unpaired) electrons. The number of amides is 1. The van der Waals surface area contributed by atoms with Gasteiger partial charge in [-0.2, -0.15) is 0 Å². The number of carbonyl (C=O) groups excluding carboxylic acids is 1. The molecule has 2 aromatic carbocycles. The number of nitrogens with one attached hydrogen (secondary N) is 2. The summed E-state index contributed by atoms with van der Waals surface area (Å²) in [5.41, 5.74) is 2.81. The van der Waals surface area contributed by atoms with Gasteiger partial charge in [0.25, 0.3) is 5.91 Å². The van der Waals surface area contributed by atoms with Gasteiger partial charge in [0.05, 0.1) is 16.6 Å². The maximum absolute atomic E-state index is 12.2. The second kappa shape index (κ2) is 5.33. The quantitative estimate of drug-likeness (QED) is 0.692. The molecule has 0 spiro atoms. The molecule has 0 aliphatic carbocycles. The van der Waals surface area contributed by atoms with E-state index in [9.17, 15) is 9.59 Å². The smallest absolute Gasteiger partial charge is 0.335 e. The molecule has 0 saturated carbocycles. The lowest BCUT2D eigenvalue weighted by molar-refractivity contribution is 0.0696. The molecular formula is C16H13N3O3. The number of carboxylic acids is 1. The normalized spacial score (nSPS) is 10.6. The number of benzene rings is 2. The zero-order valence-electron chi connectivity index (χ0n) is 11.8. The van der Waals surface area contributed by atoms with E-state index in [1.807, 2.05) is 6.92 Å². The summed E-state index contributed by atoms with van der Waals surface area (Å²) >= 11 is 0. The first-order valence-corrected chi connectivity index (χ1v) is 6.64. The van der Waals surface area contributed by atoms with Gasteiger partial charge in [-0.1, -0.05) is 0 Å². The second-order valence-electron chi connectivity index (χ2n) is 4.89. The molecule has 6 heteroatoms. The lowest BCUT2D eigenvalue weighted by Gasteiger charge is -2.05. The fourth-order valence-electron chi connectivity index (χ4n) is 2.18. The van der Waals surface area contributed by atoms with Crippen molar-refractivity contribution >= 4 is 28.6 Å². The van der Waals surface area contributed by atoms with Gasteiger partial charge in [0.15, 0.2) is 0 Å². The summed E-state index contributed by atoms with van der Waals surface area (Å²) in [6.45, 7) is 1.85. The Bertz CT molecular complexity index is 866. The first-order chi connectivity index (χ1) is 10.5. The average Bonchev–Trinajstić information content (AvgIpc) is 2.86. The summed E-state index contributed by atoms with van der Waals surface area (Å²) < 4.78 is 0. The molecule has 0 aliphatic heterocycles. The van der Waals surface area contributed by atoms with Crippen LogP contribution in [0.25, 0.3) is 11.0 Å². The number of H-pyrrole nitrogens is 1. The Morgan fingerprint density at radius 3 is 2.45 bits per heavy atom. The van der Waals surface area contributed by atoms with Crippen LogP contribution in [-0.4, -0.2) is 27.0 Å². The lowest BCUT2D eigenvalue weighted by atomic mass is 10.1. The third-order valence-corrected chi connectivity index (χ3v) is 3.25. The van der Waals surface area contributed by atoms with Crippen molar-refractivity contribution in [3.63, 3.8) is 0 Å². The van der Waals surface area contributed by atoms with Crippen LogP contribution in [0.5, 0.6) is 0 Å². The van der Waals surface area contributed by atoms with E-state index in [1.54, 1.807) is 30.3 Å². The first kappa shape index (κ1) is 13.8. The van der Waals surface area contributed by atoms with Gasteiger partial charge in [-0.3, -0.25) is 4.79 Å². The van der Waals surface area contributed by atoms with Crippen molar-refractivity contribution in [2.24, 2.45) is 0 Å². The minimum absolute atomic E-state index is 0.173. The first-order valence-electron chi connectivity index (χ1n) is 6.64. The molecular weight excluding hydrogens is 282 g/mol. The number of carboxylic acid groups (broad SMARTS) is 1. The van der Waals surface area contributed by atoms with Crippen LogP contribution in [0.15, 0.2) is 42.5 Å². The van der Waals surface area contributed by atoms with Crippen LogP contribution < -0.4 is 5.32 Å². The van der Waals surface area contributed by atoms with E-state index in [4.69, 9.17) is 5.11 Å². The highest BCUT2D eigenvalue weighted by Gasteiger charge is 2.09. The number of anilines is 1. The van der Waals surface area contributed by atoms with Gasteiger partial charge in [0, 0.05) is 11.3 Å². The zero-order valence-corrected chi connectivity index (χ0v) is 11.8. The Kier molecular flexibility index (Phi) is 3.34. The van der Waals surface area contributed by atoms with E-state index < -0.39 is 5.97 Å². The Morgan fingerprint density at radius 2 is 1.77 bits per heavy atom. The van der Waals surface area contributed by atoms with Gasteiger partial charge in [-0.25, -0.2) is 9.78 Å². The second-order valence-corrected chi connectivity index (χ2v) is 4.89. The number of hydrogen-bond acceptors (Lipinski definition) is 3. The molecule has 6 nitrogen and oxygen atoms in total. The van der Waals surface area contributed by atoms with Gasteiger partial charge in [-0.05, 0) is 49.4 Å². The zero-order chi connectivity index (χ0) is 15.7. The topological polar surface area (TPSA) is 95.1 Å². The van der Waals surface area contributed by atoms with Gasteiger partial charge >= 0.3 is 5.97 Å². The van der Waals surface area contributed by atoms with Crippen LogP contribution >= 0.6 is 0 Å². The van der Waals surface area contributed by atoms with Crippen molar-refractivity contribution in [2.75, 3.05) is 5.32 Å². The number of aryl methyl sites for hydroxylation is 1. The summed E-state index contributed by atoms with van der Waals surface area (Å²) in [6, 6.07) is 11.2. The highest BCUT2D eigenvalue weighted by Crippen LogP contribution is 2.16. The number of imidazole rings is 1. The number of hydrogen-bond donors (Lipinski definition) is 3. The van der Waals surface area contributed by atoms with Gasteiger partial charge in [0.2, 0.25) is 0 Å². The third kappa shape index (κ3) is 2.67. The molecule has 3 N–H and O–H groups in total. The molecule has 1 heterocycles. The van der Waals surface area contributed by atoms with E-state index in [2.05, 4.69) is 15.3 Å². The van der Waals surface area contributed by atoms with Crippen molar-refractivity contribution < 1.29 is 14.7 Å². The van der Waals surface area contributed by atoms with Crippen LogP contribution in [0.2, 0.25) is 0 Å². The lowest BCUT2D eigenvalue weighted by Crippen LogP contribution is -2.11. The van der Waals surface area contributed by atoms with Crippen molar-refractivity contribution in [2.45, 2.75) is 6.92 Å². The third-order valence-electron chi connectivity index (χ3n) is 3.25. The molecule has 1 amide bonds. The molecule has 0 saturated heterocycles. The Hall–Kier alpha value is -3.15. The van der Waals surface area contributed by atoms with E-state index in [1.165, 1.54) is 12.1 Å². The van der Waals surface area contributed by atoms with Crippen molar-refractivity contribution in [1.82, 2.24) is 9.97 Å². The van der Waals surface area contributed by atoms with Crippen LogP contribution in [0.4, 0.5) is 5.69 Å². The van der Waals surface area contributed by atoms with Crippen LogP contribution in [0, 0.1) is 6.92 Å². The molecule has 0 bridgehead atoms. The van der Waals surface area contributed by atoms with E-state index in [0.29, 0.717) is 11.3 Å². The maximum Gasteiger partial charge on any atom is 0.335 e. The number of fused-ring (bicyclic) bond motifs is 1. The number of aromatic amines is 1. The molecule has 1 aromatic heterocycles. The van der Waals surface area contributed by atoms with Crippen molar-refractivity contribution in [1.29, 1.82) is 0 Å². The maximum atomic E-state index is 12.2. The Morgan fingerprint density at radius 1 is 1.09 bits per heavy atom. The summed E-state index contributed by atoms with van der Waals surface area (Å²) in [6.07, 6.45) is 0. The number of aromatic carboxylic acids is 1. The summed E-state index contributed by atoms with van der Waals surface area (Å²) in [5, 5.41) is 11.6. The van der Waals surface area contributed by atoms with E-state index in [-0.39, 0.29) is 11.5 Å². The van der Waals surface area contributed by atoms with Crippen molar-refractivity contribution in [3.05, 3.63) is 59.4 Å². The summed E-state index contributed by atoms with van der Waals surface area (Å²) in [5.74, 6) is -0.480. The summed E-state index contributed by atoms with van der Waals surface area (Å²) in [7, 11) is 0. The van der Waals surface area contributed by atoms with E-state index in [0.717, 1.165) is 16.9 Å². The van der Waals surface area contributed by atoms with Crippen LogP contribution in [-0.2, 0) is 0 Å². The number of nitrogens with zero attached hydrogens (tertiary/aromatic N) is 1. The van der Waals surface area contributed by atoms with Crippen molar-refractivity contribution in [3.8, 4) is 0 Å². The summed E-state index contributed by atoms with van der Waals surface area (Å²) in [4.78, 5) is 30.4. The van der Waals surface area contributed by atoms with Gasteiger partial charge in [0.1, 0.15) is 5.82 Å². The molecule has 0 fully saturated rings. The minimum atomic E-state index is -1.00. The van der Waals surface area contributed by atoms with Gasteiger partial charge < -0.3 is 15.4 Å². The van der Waals surface area contributed by atoms with Gasteiger partial charge in [-0.15, -0.1) is 0 Å². The molecule has 0 atom stereocenters. The molecule has 3 rings (SSSR count). The molecule has 110 valence electrons. The molecule has 3 aromatic rings. The van der Waals surface area contributed by atoms with E-state index >= 15 is 0 Å². The standard InChI is InChI=1S/C16H13N3O3/c1-9-17-13-7-4-11(8-14(13)18-9)15(20)19-12-5-2-10(3-6-12)16(21)22/h2-8H,1H3,(H,17,18)(H,19,20)(H,21,22). The predicted molar refractivity (Wildman–Crippen MR) is 82.2 cm³/mol. The predicted octanol–water partition coefficient (Wildman–Crippen LogP) is 2.82. The van der Waals surface area contributed by atoms with Crippen LogP contribution in [0.3, 0.4) is 0 Å². The van der Waals surface area contributed by atoms with Crippen LogP contribution in [0.1, 0.15) is 26.5 Å². The molecule has 22 heavy (non-hydrogen) atoms. The highest BCUT2D eigenvalue weighted by atomic mass is 16.4. The fourth-order valence-corrected chi connectivity index (χ4v) is 2.18. The molecule has 0 unspecified atom stereocenters. The average molecular weight is 295 g/mol. The number of rotatable bonds is 3. The highest BCUT2D eigenvalue weighted by molar-refractivity contribution is 6.06. The largest absolute Gasteiger partial charge is 0.478 e. The Labute approximate surface area is 125 Å². The fraction of sp³-hybridized carbons (Fsp3) is 0.0625.